The van der Waals surface area contributed by atoms with Crippen LogP contribution in [-0.2, 0) is 11.3 Å². The van der Waals surface area contributed by atoms with Gasteiger partial charge in [0.15, 0.2) is 0 Å². The molecule has 0 fully saturated rings. The highest BCUT2D eigenvalue weighted by Crippen LogP contribution is 2.20. The van der Waals surface area contributed by atoms with E-state index in [9.17, 15) is 4.79 Å². The number of hydrogen-bond donors (Lipinski definition) is 2. The molecule has 4 heteroatoms. The Morgan fingerprint density at radius 1 is 1.50 bits per heavy atom. The number of carbonyl (C=O) groups is 1. The van der Waals surface area contributed by atoms with Crippen molar-refractivity contribution >= 4 is 17.5 Å². The first-order chi connectivity index (χ1) is 6.75. The summed E-state index contributed by atoms with van der Waals surface area (Å²) in [6.45, 7) is 0.561. The molecular formula is C10H10N2O2. The number of hydrogen-bond acceptors (Lipinski definition) is 3. The van der Waals surface area contributed by atoms with E-state index in [0.717, 1.165) is 11.3 Å². The molecule has 1 aromatic carbocycles. The van der Waals surface area contributed by atoms with Crippen LogP contribution in [0.2, 0.25) is 0 Å². The molecule has 2 N–H and O–H groups in total. The summed E-state index contributed by atoms with van der Waals surface area (Å²) < 4.78 is 0. The van der Waals surface area contributed by atoms with E-state index in [4.69, 9.17) is 5.11 Å². The second kappa shape index (κ2) is 3.49. The largest absolute Gasteiger partial charge is 0.481 e. The Labute approximate surface area is 81.3 Å². The molecule has 1 heterocycles. The summed E-state index contributed by atoms with van der Waals surface area (Å²) >= 11 is 0. The number of aliphatic carboxylic acids is 1. The van der Waals surface area contributed by atoms with E-state index in [0.29, 0.717) is 12.4 Å². The summed E-state index contributed by atoms with van der Waals surface area (Å²) in [5.41, 5.74) is 2.06. The van der Waals surface area contributed by atoms with Gasteiger partial charge >= 0.3 is 5.97 Å². The smallest absolute Gasteiger partial charge is 0.311 e. The second-order valence-electron chi connectivity index (χ2n) is 3.12. The van der Waals surface area contributed by atoms with Gasteiger partial charge in [0.25, 0.3) is 0 Å². The molecule has 0 aliphatic carbocycles. The minimum Gasteiger partial charge on any atom is -0.481 e. The van der Waals surface area contributed by atoms with Crippen molar-refractivity contribution in [3.8, 4) is 0 Å². The van der Waals surface area contributed by atoms with Crippen molar-refractivity contribution in [1.29, 1.82) is 0 Å². The van der Waals surface area contributed by atoms with E-state index in [1.807, 2.05) is 24.3 Å². The van der Waals surface area contributed by atoms with Crippen LogP contribution in [0.4, 0.5) is 5.69 Å². The van der Waals surface area contributed by atoms with Gasteiger partial charge in [0.1, 0.15) is 12.3 Å². The molecule has 72 valence electrons. The van der Waals surface area contributed by atoms with Crippen LogP contribution < -0.4 is 5.32 Å². The summed E-state index contributed by atoms with van der Waals surface area (Å²) in [4.78, 5) is 14.6. The topological polar surface area (TPSA) is 61.7 Å². The molecule has 0 amide bonds. The van der Waals surface area contributed by atoms with Crippen LogP contribution in [0, 0.1) is 0 Å². The van der Waals surface area contributed by atoms with E-state index in [2.05, 4.69) is 10.3 Å². The SMILES string of the molecule is O=C(O)CC1=NCc2ccccc2N1. The minimum atomic E-state index is -0.865. The van der Waals surface area contributed by atoms with Gasteiger partial charge in [-0.25, -0.2) is 0 Å². The third-order valence-corrected chi connectivity index (χ3v) is 2.06. The molecular weight excluding hydrogens is 180 g/mol. The summed E-state index contributed by atoms with van der Waals surface area (Å²) in [5.74, 6) is -0.341. The summed E-state index contributed by atoms with van der Waals surface area (Å²) in [6.07, 6.45) is -0.0473. The van der Waals surface area contributed by atoms with Gasteiger partial charge in [0.05, 0.1) is 6.54 Å². The average molecular weight is 190 g/mol. The predicted octanol–water partition coefficient (Wildman–Crippen LogP) is 1.49. The fourth-order valence-corrected chi connectivity index (χ4v) is 1.40. The molecule has 1 aliphatic heterocycles. The van der Waals surface area contributed by atoms with Crippen LogP contribution in [0.1, 0.15) is 12.0 Å². The molecule has 14 heavy (non-hydrogen) atoms. The van der Waals surface area contributed by atoms with E-state index in [1.54, 1.807) is 0 Å². The highest BCUT2D eigenvalue weighted by atomic mass is 16.4. The lowest BCUT2D eigenvalue weighted by Crippen LogP contribution is -2.20. The number of amidine groups is 1. The zero-order chi connectivity index (χ0) is 9.97. The van der Waals surface area contributed by atoms with Crippen LogP contribution in [0.3, 0.4) is 0 Å². The van der Waals surface area contributed by atoms with Crippen LogP contribution in [0.15, 0.2) is 29.3 Å². The average Bonchev–Trinajstić information content (AvgIpc) is 2.17. The number of carboxylic acids is 1. The molecule has 0 saturated carbocycles. The molecule has 0 saturated heterocycles. The molecule has 0 bridgehead atoms. The van der Waals surface area contributed by atoms with Crippen molar-refractivity contribution in [3.05, 3.63) is 29.8 Å². The number of rotatable bonds is 2. The number of carboxylic acid groups (broad SMARTS) is 1. The minimum absolute atomic E-state index is 0.0473. The maximum atomic E-state index is 10.5. The van der Waals surface area contributed by atoms with E-state index >= 15 is 0 Å². The normalized spacial score (nSPS) is 13.9. The molecule has 0 spiro atoms. The predicted molar refractivity (Wildman–Crippen MR) is 53.5 cm³/mol. The highest BCUT2D eigenvalue weighted by molar-refractivity contribution is 6.06. The lowest BCUT2D eigenvalue weighted by atomic mass is 10.1. The molecule has 1 aromatic rings. The first-order valence-corrected chi connectivity index (χ1v) is 4.36. The number of aliphatic imine (C=N–C) groups is 1. The van der Waals surface area contributed by atoms with Crippen LogP contribution in [0.25, 0.3) is 0 Å². The Kier molecular flexibility index (Phi) is 2.18. The van der Waals surface area contributed by atoms with Gasteiger partial charge < -0.3 is 10.4 Å². The number of anilines is 1. The van der Waals surface area contributed by atoms with E-state index < -0.39 is 5.97 Å². The molecule has 1 aliphatic rings. The Hall–Kier alpha value is -1.84. The van der Waals surface area contributed by atoms with Crippen molar-refractivity contribution in [2.75, 3.05) is 5.32 Å². The number of nitrogens with one attached hydrogen (secondary N) is 1. The Balaban J connectivity index is 2.17. The number of para-hydroxylation sites is 1. The van der Waals surface area contributed by atoms with Gasteiger partial charge in [-0.2, -0.15) is 0 Å². The van der Waals surface area contributed by atoms with Crippen LogP contribution in [-0.4, -0.2) is 16.9 Å². The number of nitrogens with zero attached hydrogens (tertiary/aromatic N) is 1. The fraction of sp³-hybridized carbons (Fsp3) is 0.200. The van der Waals surface area contributed by atoms with Crippen LogP contribution in [0.5, 0.6) is 0 Å². The van der Waals surface area contributed by atoms with Crippen molar-refractivity contribution in [3.63, 3.8) is 0 Å². The third-order valence-electron chi connectivity index (χ3n) is 2.06. The van der Waals surface area contributed by atoms with E-state index in [-0.39, 0.29) is 6.42 Å². The summed E-state index contributed by atoms with van der Waals surface area (Å²) in [6, 6.07) is 7.75. The third kappa shape index (κ3) is 1.74. The van der Waals surface area contributed by atoms with Crippen molar-refractivity contribution in [2.45, 2.75) is 13.0 Å². The lowest BCUT2D eigenvalue weighted by molar-refractivity contribution is -0.135. The van der Waals surface area contributed by atoms with Crippen molar-refractivity contribution in [2.24, 2.45) is 4.99 Å². The fourth-order valence-electron chi connectivity index (χ4n) is 1.40. The molecule has 0 unspecified atom stereocenters. The molecule has 0 aromatic heterocycles. The van der Waals surface area contributed by atoms with Gasteiger partial charge in [-0.15, -0.1) is 0 Å². The molecule has 2 rings (SSSR count). The van der Waals surface area contributed by atoms with Gasteiger partial charge in [-0.1, -0.05) is 18.2 Å². The zero-order valence-electron chi connectivity index (χ0n) is 7.53. The van der Waals surface area contributed by atoms with Gasteiger partial charge in [0, 0.05) is 5.69 Å². The van der Waals surface area contributed by atoms with Crippen molar-refractivity contribution < 1.29 is 9.90 Å². The Morgan fingerprint density at radius 2 is 2.29 bits per heavy atom. The van der Waals surface area contributed by atoms with Gasteiger partial charge in [0.2, 0.25) is 0 Å². The van der Waals surface area contributed by atoms with Gasteiger partial charge in [-0.3, -0.25) is 9.79 Å². The standard InChI is InChI=1S/C10H10N2O2/c13-10(14)5-9-11-6-7-3-1-2-4-8(7)12-9/h1-4H,5-6H2,(H,11,12)(H,13,14). The van der Waals surface area contributed by atoms with E-state index in [1.165, 1.54) is 0 Å². The first-order valence-electron chi connectivity index (χ1n) is 4.36. The van der Waals surface area contributed by atoms with Crippen LogP contribution >= 0.6 is 0 Å². The Morgan fingerprint density at radius 3 is 3.07 bits per heavy atom. The number of fused-ring (bicyclic) bond motifs is 1. The summed E-state index contributed by atoms with van der Waals surface area (Å²) in [7, 11) is 0. The number of benzene rings is 1. The highest BCUT2D eigenvalue weighted by Gasteiger charge is 2.12. The second-order valence-corrected chi connectivity index (χ2v) is 3.12. The molecule has 0 radical (unpaired) electrons. The zero-order valence-corrected chi connectivity index (χ0v) is 7.53. The first kappa shape index (κ1) is 8.74. The quantitative estimate of drug-likeness (QED) is 0.742. The van der Waals surface area contributed by atoms with Crippen molar-refractivity contribution in [1.82, 2.24) is 0 Å². The van der Waals surface area contributed by atoms with Gasteiger partial charge in [-0.05, 0) is 11.6 Å². The summed E-state index contributed by atoms with van der Waals surface area (Å²) in [5, 5.41) is 11.6. The maximum absolute atomic E-state index is 10.5. The Bertz CT molecular complexity index is 399. The maximum Gasteiger partial charge on any atom is 0.311 e. The molecule has 0 atom stereocenters. The molecule has 4 nitrogen and oxygen atoms in total. The lowest BCUT2D eigenvalue weighted by Gasteiger charge is -2.16. The monoisotopic (exact) mass is 190 g/mol.